The van der Waals surface area contributed by atoms with Crippen LogP contribution in [-0.2, 0) is 5.41 Å². The minimum Gasteiger partial charge on any atom is -0.872 e. The molecule has 26 heavy (non-hydrogen) atoms. The topological polar surface area (TPSA) is 37.2 Å². The summed E-state index contributed by atoms with van der Waals surface area (Å²) in [6.45, 7) is 4.43. The molecule has 3 aromatic carbocycles. The van der Waals surface area contributed by atoms with Crippen molar-refractivity contribution in [2.45, 2.75) is 19.3 Å². The molecule has 0 amide bonds. The van der Waals surface area contributed by atoms with Gasteiger partial charge in [0.25, 0.3) is 5.01 Å². The van der Waals surface area contributed by atoms with Gasteiger partial charge in [-0.15, -0.1) is 0 Å². The van der Waals surface area contributed by atoms with E-state index in [0.717, 1.165) is 21.7 Å². The van der Waals surface area contributed by atoms with Crippen molar-refractivity contribution in [3.05, 3.63) is 71.8 Å². The molecular formula is C22H17BeNOS+2. The maximum Gasteiger partial charge on any atom is 2.00 e. The van der Waals surface area contributed by atoms with E-state index >= 15 is 0 Å². The van der Waals surface area contributed by atoms with Crippen LogP contribution in [0.5, 0.6) is 5.75 Å². The van der Waals surface area contributed by atoms with Crippen LogP contribution in [0, 0.1) is 0 Å². The van der Waals surface area contributed by atoms with Gasteiger partial charge in [-0.1, -0.05) is 79.5 Å². The Morgan fingerprint density at radius 2 is 1.62 bits per heavy atom. The molecule has 0 atom stereocenters. The van der Waals surface area contributed by atoms with E-state index in [1.165, 1.54) is 21.4 Å². The molecule has 1 aromatic heterocycles. The van der Waals surface area contributed by atoms with Crippen molar-refractivity contribution < 1.29 is 10.1 Å². The van der Waals surface area contributed by atoms with E-state index in [9.17, 15) is 5.11 Å². The number of rotatable bonds is 1. The van der Waals surface area contributed by atoms with Crippen LogP contribution in [0.25, 0.3) is 31.9 Å². The number of para-hydroxylation sites is 1. The van der Waals surface area contributed by atoms with E-state index < -0.39 is 0 Å². The number of aromatic amines is 1. The van der Waals surface area contributed by atoms with Gasteiger partial charge in [0.2, 0.25) is 5.52 Å². The third-order valence-electron chi connectivity index (χ3n) is 5.26. The van der Waals surface area contributed by atoms with Crippen LogP contribution in [0.4, 0.5) is 0 Å². The van der Waals surface area contributed by atoms with Crippen LogP contribution < -0.4 is 10.1 Å². The van der Waals surface area contributed by atoms with E-state index in [-0.39, 0.29) is 21.3 Å². The number of aromatic nitrogens is 1. The van der Waals surface area contributed by atoms with E-state index in [2.05, 4.69) is 55.2 Å². The maximum absolute atomic E-state index is 12.9. The second kappa shape index (κ2) is 5.77. The van der Waals surface area contributed by atoms with Gasteiger partial charge in [-0.05, 0) is 28.3 Å². The molecule has 4 heteroatoms. The summed E-state index contributed by atoms with van der Waals surface area (Å²) in [5.74, 6) is 0.0856. The Hall–Kier alpha value is -2.48. The van der Waals surface area contributed by atoms with Crippen LogP contribution in [-0.4, -0.2) is 10.1 Å². The number of nitrogens with one attached hydrogen (secondary N) is 1. The van der Waals surface area contributed by atoms with Gasteiger partial charge >= 0.3 is 10.1 Å². The Morgan fingerprint density at radius 3 is 2.42 bits per heavy atom. The van der Waals surface area contributed by atoms with E-state index in [0.29, 0.717) is 0 Å². The monoisotopic (exact) mass is 352 g/mol. The molecule has 1 heterocycles. The Labute approximate surface area is 160 Å². The molecule has 122 valence electrons. The zero-order valence-corrected chi connectivity index (χ0v) is 15.6. The first kappa shape index (κ1) is 17.0. The Kier molecular flexibility index (Phi) is 3.76. The predicted molar refractivity (Wildman–Crippen MR) is 107 cm³/mol. The molecule has 1 aliphatic rings. The van der Waals surface area contributed by atoms with Crippen LogP contribution >= 0.6 is 11.3 Å². The third-order valence-corrected chi connectivity index (χ3v) is 6.34. The molecule has 0 aliphatic heterocycles. The molecule has 0 saturated carbocycles. The number of thiazole rings is 1. The first-order valence-corrected chi connectivity index (χ1v) is 9.24. The summed E-state index contributed by atoms with van der Waals surface area (Å²) in [5.41, 5.74) is 6.56. The normalized spacial score (nSPS) is 13.9. The summed E-state index contributed by atoms with van der Waals surface area (Å²) in [7, 11) is 0. The van der Waals surface area contributed by atoms with Gasteiger partial charge in [0.05, 0.1) is 5.56 Å². The largest absolute Gasteiger partial charge is 2.00 e. The van der Waals surface area contributed by atoms with Crippen molar-refractivity contribution in [2.75, 3.05) is 0 Å². The number of H-pyrrole nitrogens is 1. The molecular weight excluding hydrogens is 335 g/mol. The van der Waals surface area contributed by atoms with Crippen LogP contribution in [0.15, 0.2) is 60.7 Å². The summed E-state index contributed by atoms with van der Waals surface area (Å²) in [5, 5.41) is 13.8. The zero-order chi connectivity index (χ0) is 17.2. The SMILES string of the molecule is CC1(C)c2ccccc2-c2ccc([O-])c(-c3[nH+]c4ccccc4s3)c21.[Be+2]. The number of benzene rings is 3. The van der Waals surface area contributed by atoms with Crippen molar-refractivity contribution in [2.24, 2.45) is 0 Å². The maximum atomic E-state index is 12.9. The zero-order valence-electron chi connectivity index (χ0n) is 14.8. The van der Waals surface area contributed by atoms with Crippen molar-refractivity contribution in [3.8, 4) is 27.4 Å². The Bertz CT molecular complexity index is 1110. The van der Waals surface area contributed by atoms with Crippen molar-refractivity contribution in [1.29, 1.82) is 0 Å². The summed E-state index contributed by atoms with van der Waals surface area (Å²) >= 11 is 1.65. The predicted octanol–water partition coefficient (Wildman–Crippen LogP) is 4.38. The summed E-state index contributed by atoms with van der Waals surface area (Å²) in [4.78, 5) is 3.47. The molecule has 5 rings (SSSR count). The summed E-state index contributed by atoms with van der Waals surface area (Å²) in [6, 6.07) is 20.4. The van der Waals surface area contributed by atoms with Crippen molar-refractivity contribution >= 4 is 31.7 Å². The average molecular weight is 352 g/mol. The van der Waals surface area contributed by atoms with Gasteiger partial charge in [-0.2, -0.15) is 4.98 Å². The average Bonchev–Trinajstić information content (AvgIpc) is 3.13. The molecule has 0 saturated heterocycles. The smallest absolute Gasteiger partial charge is 0.872 e. The molecule has 0 fully saturated rings. The minimum atomic E-state index is -0.189. The summed E-state index contributed by atoms with van der Waals surface area (Å²) in [6.07, 6.45) is 0. The van der Waals surface area contributed by atoms with E-state index in [1.807, 2.05) is 18.2 Å². The molecule has 4 aromatic rings. The standard InChI is InChI=1S/C22H17NOS.Be/c1-22(2)15-8-4-3-7-13(15)14-11-12-17(24)19(20(14)22)21-23-16-9-5-6-10-18(16)25-21;/h3-12,24H,1-2H3;/q;+2. The number of fused-ring (bicyclic) bond motifs is 4. The first-order valence-electron chi connectivity index (χ1n) is 8.43. The van der Waals surface area contributed by atoms with Crippen LogP contribution in [0.3, 0.4) is 0 Å². The Balaban J connectivity index is 0.00000168. The fourth-order valence-electron chi connectivity index (χ4n) is 4.11. The van der Waals surface area contributed by atoms with Gasteiger partial charge in [0.15, 0.2) is 0 Å². The van der Waals surface area contributed by atoms with E-state index in [1.54, 1.807) is 17.4 Å². The molecule has 0 radical (unpaired) electrons. The van der Waals surface area contributed by atoms with E-state index in [4.69, 9.17) is 0 Å². The van der Waals surface area contributed by atoms with Gasteiger partial charge in [0, 0.05) is 11.5 Å². The molecule has 1 N–H and O–H groups in total. The molecule has 0 bridgehead atoms. The van der Waals surface area contributed by atoms with Gasteiger partial charge in [-0.25, -0.2) is 0 Å². The molecule has 0 unspecified atom stereocenters. The third kappa shape index (κ3) is 2.18. The Morgan fingerprint density at radius 1 is 0.885 bits per heavy atom. The van der Waals surface area contributed by atoms with Crippen molar-refractivity contribution in [3.63, 3.8) is 0 Å². The second-order valence-electron chi connectivity index (χ2n) is 7.08. The fraction of sp³-hybridized carbons (Fsp3) is 0.136. The van der Waals surface area contributed by atoms with Gasteiger partial charge < -0.3 is 5.11 Å². The summed E-state index contributed by atoms with van der Waals surface area (Å²) < 4.78 is 1.17. The molecule has 1 aliphatic carbocycles. The van der Waals surface area contributed by atoms with Gasteiger partial charge in [-0.3, -0.25) is 0 Å². The quantitative estimate of drug-likeness (QED) is 0.468. The first-order chi connectivity index (χ1) is 12.1. The number of hydrogen-bond acceptors (Lipinski definition) is 2. The fourth-order valence-corrected chi connectivity index (χ4v) is 5.17. The second-order valence-corrected chi connectivity index (χ2v) is 8.14. The minimum absolute atomic E-state index is 0. The van der Waals surface area contributed by atoms with Crippen molar-refractivity contribution in [1.82, 2.24) is 0 Å². The van der Waals surface area contributed by atoms with Crippen LogP contribution in [0.1, 0.15) is 25.0 Å². The number of hydrogen-bond donors (Lipinski definition) is 0. The molecule has 0 spiro atoms. The van der Waals surface area contributed by atoms with Crippen LogP contribution in [0.2, 0.25) is 0 Å². The molecule has 2 nitrogen and oxygen atoms in total. The van der Waals surface area contributed by atoms with Gasteiger partial charge in [0.1, 0.15) is 4.70 Å².